The molecule has 0 saturated carbocycles. The predicted molar refractivity (Wildman–Crippen MR) is 184 cm³/mol. The molecule has 1 aliphatic carbocycles. The van der Waals surface area contributed by atoms with Crippen LogP contribution in [0.4, 0.5) is 4.79 Å². The van der Waals surface area contributed by atoms with E-state index in [4.69, 9.17) is 23.7 Å². The van der Waals surface area contributed by atoms with E-state index in [-0.39, 0.29) is 42.7 Å². The minimum atomic E-state index is -1.58. The number of carbonyl (C=O) groups excluding carboxylic acids is 3. The lowest BCUT2D eigenvalue weighted by atomic mass is 9.71. The molecule has 2 aliphatic rings. The number of ether oxygens (including phenoxy) is 5. The Kier molecular flexibility index (Phi) is 12.6. The summed E-state index contributed by atoms with van der Waals surface area (Å²) >= 11 is 0. The molecule has 1 aliphatic heterocycles. The van der Waals surface area contributed by atoms with Crippen molar-refractivity contribution < 1.29 is 67.8 Å². The molecule has 280 valence electrons. The number of rotatable bonds is 17. The van der Waals surface area contributed by atoms with Gasteiger partial charge >= 0.3 is 30.0 Å². The van der Waals surface area contributed by atoms with Gasteiger partial charge in [0.25, 0.3) is 0 Å². The van der Waals surface area contributed by atoms with E-state index in [0.29, 0.717) is 12.7 Å². The lowest BCUT2D eigenvalue weighted by Gasteiger charge is -2.44. The molecule has 4 N–H and O–H groups in total. The second-order valence-corrected chi connectivity index (χ2v) is 12.6. The van der Waals surface area contributed by atoms with Crippen LogP contribution >= 0.6 is 0 Å². The van der Waals surface area contributed by atoms with E-state index in [1.165, 1.54) is 18.2 Å². The molecule has 1 saturated heterocycles. The van der Waals surface area contributed by atoms with Gasteiger partial charge in [-0.05, 0) is 46.7 Å². The molecule has 3 aromatic rings. The van der Waals surface area contributed by atoms with Gasteiger partial charge in [0.2, 0.25) is 6.29 Å². The smallest absolute Gasteiger partial charge is 0.407 e. The second-order valence-electron chi connectivity index (χ2n) is 12.6. The summed E-state index contributed by atoms with van der Waals surface area (Å²) in [5, 5.41) is 31.5. The number of carbonyl (C=O) groups is 6. The zero-order valence-corrected chi connectivity index (χ0v) is 28.7. The predicted octanol–water partition coefficient (Wildman–Crippen LogP) is 4.36. The Morgan fingerprint density at radius 2 is 1.42 bits per heavy atom. The number of carboxylic acids is 3. The number of fused-ring (bicyclic) bond motifs is 3. The minimum Gasteiger partial charge on any atom is -0.493 e. The maximum Gasteiger partial charge on any atom is 0.407 e. The summed E-state index contributed by atoms with van der Waals surface area (Å²) in [5.74, 6) is -8.60. The van der Waals surface area contributed by atoms with Crippen molar-refractivity contribution in [3.63, 3.8) is 0 Å². The third-order valence-electron chi connectivity index (χ3n) is 9.34. The van der Waals surface area contributed by atoms with Crippen LogP contribution < -0.4 is 14.8 Å². The first-order valence-electron chi connectivity index (χ1n) is 16.9. The Morgan fingerprint density at radius 3 is 2.02 bits per heavy atom. The van der Waals surface area contributed by atoms with Crippen molar-refractivity contribution in [1.29, 1.82) is 0 Å². The Bertz CT molecular complexity index is 1800. The summed E-state index contributed by atoms with van der Waals surface area (Å²) < 4.78 is 27.9. The first-order valence-corrected chi connectivity index (χ1v) is 16.9. The van der Waals surface area contributed by atoms with Crippen molar-refractivity contribution >= 4 is 36.3 Å². The number of methoxy groups -OCH3 is 1. The fourth-order valence-corrected chi connectivity index (χ4v) is 7.00. The molecular formula is C38H39NO14. The molecule has 1 fully saturated rings. The van der Waals surface area contributed by atoms with Crippen LogP contribution in [0.3, 0.4) is 0 Å². The van der Waals surface area contributed by atoms with Crippen molar-refractivity contribution in [2.75, 3.05) is 26.9 Å². The summed E-state index contributed by atoms with van der Waals surface area (Å²) in [4.78, 5) is 72.5. The number of hydrogen-bond donors (Lipinski definition) is 4. The van der Waals surface area contributed by atoms with Gasteiger partial charge in [-0.1, -0.05) is 48.5 Å². The number of benzene rings is 3. The monoisotopic (exact) mass is 733 g/mol. The van der Waals surface area contributed by atoms with E-state index in [1.54, 1.807) is 0 Å². The lowest BCUT2D eigenvalue weighted by Crippen LogP contribution is -2.54. The molecule has 3 aromatic carbocycles. The topological polar surface area (TPSA) is 221 Å². The van der Waals surface area contributed by atoms with Crippen molar-refractivity contribution in [1.82, 2.24) is 5.32 Å². The molecule has 0 radical (unpaired) electrons. The normalized spacial score (nSPS) is 20.3. The molecule has 0 aromatic heterocycles. The molecular weight excluding hydrogens is 694 g/mol. The van der Waals surface area contributed by atoms with Gasteiger partial charge in [-0.25, -0.2) is 9.59 Å². The van der Waals surface area contributed by atoms with E-state index in [9.17, 15) is 44.1 Å². The van der Waals surface area contributed by atoms with Crippen LogP contribution in [-0.4, -0.2) is 90.8 Å². The summed E-state index contributed by atoms with van der Waals surface area (Å²) in [5.41, 5.74) is 4.55. The first-order chi connectivity index (χ1) is 25.5. The van der Waals surface area contributed by atoms with Crippen LogP contribution in [-0.2, 0) is 33.4 Å². The van der Waals surface area contributed by atoms with E-state index < -0.39 is 79.4 Å². The number of aliphatic carboxylic acids is 3. The van der Waals surface area contributed by atoms with Crippen LogP contribution in [0.1, 0.15) is 53.1 Å². The van der Waals surface area contributed by atoms with Gasteiger partial charge < -0.3 is 44.3 Å². The van der Waals surface area contributed by atoms with Gasteiger partial charge in [-0.2, -0.15) is 0 Å². The van der Waals surface area contributed by atoms with Crippen molar-refractivity contribution in [2.24, 2.45) is 17.8 Å². The number of hydrogen-bond acceptors (Lipinski definition) is 11. The molecule has 0 spiro atoms. The fraction of sp³-hybridized carbons (Fsp3) is 0.368. The highest BCUT2D eigenvalue weighted by Gasteiger charge is 2.51. The van der Waals surface area contributed by atoms with Gasteiger partial charge in [0.1, 0.15) is 18.1 Å². The Hall–Kier alpha value is -5.96. The van der Waals surface area contributed by atoms with Gasteiger partial charge in [0.15, 0.2) is 12.4 Å². The number of aldehydes is 1. The molecule has 5 atom stereocenters. The average molecular weight is 734 g/mol. The third kappa shape index (κ3) is 9.29. The zero-order valence-electron chi connectivity index (χ0n) is 28.7. The molecule has 53 heavy (non-hydrogen) atoms. The SMILES string of the molecule is COC(=O)[C@H]1O[C@@H](Oc2ccc(C=O)c(OCCCNC(=O)OCC3c4ccccc4-c4ccccc43)c2)[C@H](CC(=O)O)[C@@H](CC(=O)O)[C@@H]1CC(=O)O. The second kappa shape index (κ2) is 17.5. The molecule has 0 bridgehead atoms. The van der Waals surface area contributed by atoms with Crippen LogP contribution in [0.25, 0.3) is 11.1 Å². The Balaban J connectivity index is 1.20. The van der Waals surface area contributed by atoms with Crippen molar-refractivity contribution in [3.8, 4) is 22.6 Å². The number of amides is 1. The van der Waals surface area contributed by atoms with Crippen molar-refractivity contribution in [2.45, 2.75) is 44.0 Å². The average Bonchev–Trinajstić information content (AvgIpc) is 3.45. The number of esters is 1. The van der Waals surface area contributed by atoms with Crippen LogP contribution in [0, 0.1) is 17.8 Å². The number of nitrogens with one attached hydrogen (secondary N) is 1. The minimum absolute atomic E-state index is 0.0251. The fourth-order valence-electron chi connectivity index (χ4n) is 7.00. The van der Waals surface area contributed by atoms with Crippen molar-refractivity contribution in [3.05, 3.63) is 83.4 Å². The molecule has 0 unspecified atom stereocenters. The maximum absolute atomic E-state index is 12.7. The Morgan fingerprint density at radius 1 is 0.811 bits per heavy atom. The van der Waals surface area contributed by atoms with Gasteiger partial charge in [-0.15, -0.1) is 0 Å². The van der Waals surface area contributed by atoms with Crippen LogP contribution in [0.5, 0.6) is 11.5 Å². The van der Waals surface area contributed by atoms with E-state index in [2.05, 4.69) is 5.32 Å². The third-order valence-corrected chi connectivity index (χ3v) is 9.34. The Labute approximate surface area is 303 Å². The van der Waals surface area contributed by atoms with E-state index in [0.717, 1.165) is 29.4 Å². The summed E-state index contributed by atoms with van der Waals surface area (Å²) in [6.07, 6.45) is -4.87. The van der Waals surface area contributed by atoms with Crippen LogP contribution in [0.15, 0.2) is 66.7 Å². The lowest BCUT2D eigenvalue weighted by molar-refractivity contribution is -0.233. The molecule has 1 heterocycles. The summed E-state index contributed by atoms with van der Waals surface area (Å²) in [6.45, 7) is 0.395. The van der Waals surface area contributed by atoms with E-state index in [1.807, 2.05) is 48.5 Å². The molecule has 1 amide bonds. The number of alkyl carbamates (subject to hydrolysis) is 1. The molecule has 15 nitrogen and oxygen atoms in total. The highest BCUT2D eigenvalue weighted by Crippen LogP contribution is 2.45. The molecule has 15 heteroatoms. The summed E-state index contributed by atoms with van der Waals surface area (Å²) in [7, 11) is 1.05. The number of carboxylic acid groups (broad SMARTS) is 3. The van der Waals surface area contributed by atoms with Gasteiger partial charge in [0, 0.05) is 36.8 Å². The molecule has 5 rings (SSSR count). The zero-order chi connectivity index (χ0) is 38.1. The first kappa shape index (κ1) is 38.3. The van der Waals surface area contributed by atoms with Gasteiger partial charge in [-0.3, -0.25) is 19.2 Å². The largest absolute Gasteiger partial charge is 0.493 e. The van der Waals surface area contributed by atoms with Crippen LogP contribution in [0.2, 0.25) is 0 Å². The highest BCUT2D eigenvalue weighted by atomic mass is 16.7. The van der Waals surface area contributed by atoms with E-state index >= 15 is 0 Å². The maximum atomic E-state index is 12.7. The standard InChI is InChI=1S/C38H39NO14/c1-49-36(47)35-28(17-33(43)44)27(16-32(41)42)29(18-34(45)46)37(53-35)52-22-12-11-21(19-40)31(15-22)50-14-6-13-39-38(48)51-20-30-25-9-4-2-7-23(25)24-8-3-5-10-26(24)30/h2-5,7-12,15,19,27-30,35,37H,6,13-14,16-18,20H2,1H3,(H,39,48)(H,41,42)(H,43,44)(H,45,46)/t27-,28-,29+,35-,37+/m0/s1. The summed E-state index contributed by atoms with van der Waals surface area (Å²) in [6, 6.07) is 20.1. The highest BCUT2D eigenvalue weighted by molar-refractivity contribution is 5.81. The quantitative estimate of drug-likeness (QED) is 0.0861. The van der Waals surface area contributed by atoms with Gasteiger partial charge in [0.05, 0.1) is 32.1 Å².